The van der Waals surface area contributed by atoms with Crippen LogP contribution in [0.1, 0.15) is 27.9 Å². The Bertz CT molecular complexity index is 1270. The highest BCUT2D eigenvalue weighted by Crippen LogP contribution is 2.22. The van der Waals surface area contributed by atoms with Gasteiger partial charge in [-0.25, -0.2) is 4.98 Å². The van der Waals surface area contributed by atoms with Crippen molar-refractivity contribution in [2.75, 3.05) is 12.5 Å². The first-order valence-electron chi connectivity index (χ1n) is 10.00. The molecule has 0 atom stereocenters. The minimum atomic E-state index is 0.345. The van der Waals surface area contributed by atoms with Crippen LogP contribution in [0, 0.1) is 18.3 Å². The third-order valence-corrected chi connectivity index (χ3v) is 5.03. The van der Waals surface area contributed by atoms with Gasteiger partial charge in [0.25, 0.3) is 0 Å². The van der Waals surface area contributed by atoms with Gasteiger partial charge in [-0.3, -0.25) is 5.43 Å². The highest BCUT2D eigenvalue weighted by Gasteiger charge is 2.11. The van der Waals surface area contributed by atoms with E-state index in [1.165, 1.54) is 5.56 Å². The molecule has 154 valence electrons. The van der Waals surface area contributed by atoms with E-state index in [0.717, 1.165) is 34.3 Å². The number of aromatic nitrogens is 2. The molecule has 0 saturated carbocycles. The summed E-state index contributed by atoms with van der Waals surface area (Å²) in [6, 6.07) is 22.7. The summed E-state index contributed by atoms with van der Waals surface area (Å²) in [5.41, 5.74) is 8.33. The summed E-state index contributed by atoms with van der Waals surface area (Å²) >= 11 is 0. The quantitative estimate of drug-likeness (QED) is 0.349. The Balaban J connectivity index is 1.63. The molecule has 4 aromatic rings. The molecule has 2 heterocycles. The molecule has 0 aliphatic carbocycles. The zero-order valence-electron chi connectivity index (χ0n) is 17.5. The Hall–Kier alpha value is -3.95. The number of hydrazone groups is 1. The minimum Gasteiger partial charge on any atom is -0.380 e. The summed E-state index contributed by atoms with van der Waals surface area (Å²) in [7, 11) is 1.60. The topological polar surface area (TPSA) is 75.2 Å². The molecule has 0 radical (unpaired) electrons. The van der Waals surface area contributed by atoms with E-state index in [-0.39, 0.29) is 0 Å². The molecule has 31 heavy (non-hydrogen) atoms. The predicted octanol–water partition coefficient (Wildman–Crippen LogP) is 4.86. The van der Waals surface area contributed by atoms with Crippen molar-refractivity contribution < 1.29 is 4.74 Å². The molecule has 1 N–H and O–H groups in total. The van der Waals surface area contributed by atoms with E-state index >= 15 is 0 Å². The van der Waals surface area contributed by atoms with Crippen LogP contribution in [0.2, 0.25) is 0 Å². The van der Waals surface area contributed by atoms with Crippen LogP contribution in [-0.4, -0.2) is 22.9 Å². The molecule has 0 saturated heterocycles. The van der Waals surface area contributed by atoms with Crippen LogP contribution in [0.5, 0.6) is 0 Å². The number of hydrogen-bond acceptors (Lipinski definition) is 5. The monoisotopic (exact) mass is 409 g/mol. The van der Waals surface area contributed by atoms with Crippen molar-refractivity contribution >= 4 is 22.9 Å². The van der Waals surface area contributed by atoms with Gasteiger partial charge in [0.05, 0.1) is 12.8 Å². The lowest BCUT2D eigenvalue weighted by molar-refractivity contribution is 0.184. The highest BCUT2D eigenvalue weighted by atomic mass is 16.5. The molecule has 0 unspecified atom stereocenters. The molecule has 0 amide bonds. The van der Waals surface area contributed by atoms with E-state index in [9.17, 15) is 5.26 Å². The Labute approximate surface area is 181 Å². The van der Waals surface area contributed by atoms with Gasteiger partial charge >= 0.3 is 0 Å². The Morgan fingerprint density at radius 2 is 1.94 bits per heavy atom. The number of hydrogen-bond donors (Lipinski definition) is 1. The average Bonchev–Trinajstić information content (AvgIpc) is 3.12. The highest BCUT2D eigenvalue weighted by molar-refractivity contribution is 5.99. The summed E-state index contributed by atoms with van der Waals surface area (Å²) in [6.07, 6.45) is 3.86. The van der Waals surface area contributed by atoms with Crippen LogP contribution in [0.3, 0.4) is 0 Å². The zero-order valence-corrected chi connectivity index (χ0v) is 17.5. The third-order valence-electron chi connectivity index (χ3n) is 5.03. The van der Waals surface area contributed by atoms with Crippen molar-refractivity contribution in [2.45, 2.75) is 20.1 Å². The second-order valence-electron chi connectivity index (χ2n) is 7.28. The average molecular weight is 409 g/mol. The van der Waals surface area contributed by atoms with E-state index < -0.39 is 0 Å². The summed E-state index contributed by atoms with van der Waals surface area (Å²) in [4.78, 5) is 4.43. The van der Waals surface area contributed by atoms with Gasteiger partial charge in [-0.2, -0.15) is 10.4 Å². The van der Waals surface area contributed by atoms with Gasteiger partial charge in [-0.15, -0.1) is 0 Å². The number of nitrogens with zero attached hydrogens (tertiary/aromatic N) is 4. The zero-order chi connectivity index (χ0) is 21.6. The molecule has 0 fully saturated rings. The number of pyridine rings is 1. The first-order chi connectivity index (χ1) is 15.2. The maximum absolute atomic E-state index is 9.58. The number of rotatable bonds is 7. The number of aryl methyl sites for hydroxylation is 1. The Morgan fingerprint density at radius 3 is 2.71 bits per heavy atom. The number of para-hydroxylation sites is 1. The van der Waals surface area contributed by atoms with Crippen LogP contribution < -0.4 is 5.43 Å². The number of methoxy groups -OCH3 is 1. The molecule has 2 aromatic carbocycles. The standard InChI is InChI=1S/C25H23N5O/c1-18-12-20(17-31-2)23(13-26)25(28-18)29-27-14-21-16-30(15-19-8-4-3-5-9-19)24-11-7-6-10-22(21)24/h3-12,14,16H,15,17H2,1-2H3,(H,28,29). The fourth-order valence-corrected chi connectivity index (χ4v) is 3.67. The smallest absolute Gasteiger partial charge is 0.164 e. The number of fused-ring (bicyclic) bond motifs is 1. The van der Waals surface area contributed by atoms with E-state index in [4.69, 9.17) is 4.74 Å². The SMILES string of the molecule is COCc1cc(C)nc(NN=Cc2cn(Cc3ccccc3)c3ccccc23)c1C#N. The molecule has 4 rings (SSSR count). The number of benzene rings is 2. The summed E-state index contributed by atoms with van der Waals surface area (Å²) in [6.45, 7) is 3.01. The van der Waals surface area contributed by atoms with Crippen LogP contribution >= 0.6 is 0 Å². The van der Waals surface area contributed by atoms with Gasteiger partial charge in [-0.1, -0.05) is 48.5 Å². The van der Waals surface area contributed by atoms with Crippen LogP contribution in [0.15, 0.2) is 72.0 Å². The lowest BCUT2D eigenvalue weighted by Crippen LogP contribution is -2.03. The van der Waals surface area contributed by atoms with Crippen molar-refractivity contribution in [3.8, 4) is 6.07 Å². The van der Waals surface area contributed by atoms with Crippen molar-refractivity contribution in [2.24, 2.45) is 5.10 Å². The molecule has 2 aromatic heterocycles. The van der Waals surface area contributed by atoms with Gasteiger partial charge in [0.2, 0.25) is 0 Å². The van der Waals surface area contributed by atoms with Crippen molar-refractivity contribution in [1.82, 2.24) is 9.55 Å². The lowest BCUT2D eigenvalue weighted by atomic mass is 10.1. The van der Waals surface area contributed by atoms with Gasteiger partial charge in [0.15, 0.2) is 5.82 Å². The van der Waals surface area contributed by atoms with E-state index in [0.29, 0.717) is 18.0 Å². The number of nitriles is 1. The second kappa shape index (κ2) is 9.24. The first-order valence-corrected chi connectivity index (χ1v) is 10.00. The normalized spacial score (nSPS) is 11.1. The number of nitrogens with one attached hydrogen (secondary N) is 1. The summed E-state index contributed by atoms with van der Waals surface area (Å²) in [5.74, 6) is 0.429. The lowest BCUT2D eigenvalue weighted by Gasteiger charge is -2.09. The number of ether oxygens (including phenoxy) is 1. The molecular formula is C25H23N5O. The fraction of sp³-hybridized carbons (Fsp3) is 0.160. The van der Waals surface area contributed by atoms with Gasteiger partial charge in [0, 0.05) is 47.6 Å². The van der Waals surface area contributed by atoms with Gasteiger partial charge in [-0.05, 0) is 24.6 Å². The van der Waals surface area contributed by atoms with Crippen molar-refractivity contribution in [3.63, 3.8) is 0 Å². The van der Waals surface area contributed by atoms with Crippen molar-refractivity contribution in [3.05, 3.63) is 94.8 Å². The van der Waals surface area contributed by atoms with Crippen LogP contribution in [-0.2, 0) is 17.9 Å². The molecule has 0 aliphatic rings. The molecule has 6 nitrogen and oxygen atoms in total. The van der Waals surface area contributed by atoms with E-state index in [2.05, 4.69) is 56.6 Å². The van der Waals surface area contributed by atoms with Crippen LogP contribution in [0.4, 0.5) is 5.82 Å². The Kier molecular flexibility index (Phi) is 6.06. The molecule has 0 aliphatic heterocycles. The molecular weight excluding hydrogens is 386 g/mol. The third kappa shape index (κ3) is 4.47. The summed E-state index contributed by atoms with van der Waals surface area (Å²) < 4.78 is 7.42. The number of anilines is 1. The maximum atomic E-state index is 9.58. The molecule has 6 heteroatoms. The predicted molar refractivity (Wildman–Crippen MR) is 123 cm³/mol. The molecule has 0 spiro atoms. The molecule has 0 bridgehead atoms. The van der Waals surface area contributed by atoms with E-state index in [1.54, 1.807) is 13.3 Å². The minimum absolute atomic E-state index is 0.345. The first kappa shape index (κ1) is 20.3. The summed E-state index contributed by atoms with van der Waals surface area (Å²) in [5, 5.41) is 15.1. The van der Waals surface area contributed by atoms with E-state index in [1.807, 2.05) is 43.3 Å². The van der Waals surface area contributed by atoms with Crippen LogP contribution in [0.25, 0.3) is 10.9 Å². The van der Waals surface area contributed by atoms with Crippen molar-refractivity contribution in [1.29, 1.82) is 5.26 Å². The fourth-order valence-electron chi connectivity index (χ4n) is 3.67. The Morgan fingerprint density at radius 1 is 1.16 bits per heavy atom. The largest absolute Gasteiger partial charge is 0.380 e. The second-order valence-corrected chi connectivity index (χ2v) is 7.28. The van der Waals surface area contributed by atoms with Gasteiger partial charge < -0.3 is 9.30 Å². The van der Waals surface area contributed by atoms with Gasteiger partial charge in [0.1, 0.15) is 11.6 Å². The maximum Gasteiger partial charge on any atom is 0.164 e.